The summed E-state index contributed by atoms with van der Waals surface area (Å²) in [6, 6.07) is 27.4. The van der Waals surface area contributed by atoms with Crippen molar-refractivity contribution in [2.75, 3.05) is 29.3 Å². The molecule has 12 nitrogen and oxygen atoms in total. The number of carbonyl (C=O) groups is 4. The maximum Gasteiger partial charge on any atom is 0.242 e. The number of aryl methyl sites for hydroxylation is 2. The number of rotatable bonds is 8. The van der Waals surface area contributed by atoms with Gasteiger partial charge in [-0.15, -0.1) is 11.3 Å². The minimum atomic E-state index is -1.45. The van der Waals surface area contributed by atoms with Crippen LogP contribution in [0, 0.1) is 36.0 Å². The number of ether oxygens (including phenoxy) is 2. The second-order valence-electron chi connectivity index (χ2n) is 16.7. The number of anilines is 4. The lowest BCUT2D eigenvalue weighted by atomic mass is 9.51. The van der Waals surface area contributed by atoms with Crippen molar-refractivity contribution in [1.29, 1.82) is 0 Å². The summed E-state index contributed by atoms with van der Waals surface area (Å²) < 4.78 is 14.0. The molecule has 2 aliphatic heterocycles. The van der Waals surface area contributed by atoms with E-state index in [9.17, 15) is 14.7 Å². The van der Waals surface area contributed by atoms with Gasteiger partial charge in [-0.1, -0.05) is 41.4 Å². The Balaban J connectivity index is 1.06. The van der Waals surface area contributed by atoms with Crippen molar-refractivity contribution in [2.45, 2.75) is 32.6 Å². The van der Waals surface area contributed by atoms with Crippen LogP contribution < -0.4 is 24.6 Å². The number of hydrogen-bond acceptors (Lipinski definition) is 10. The van der Waals surface area contributed by atoms with Crippen molar-refractivity contribution in [2.24, 2.45) is 36.1 Å². The summed E-state index contributed by atoms with van der Waals surface area (Å²) >= 11 is 7.90. The van der Waals surface area contributed by atoms with E-state index in [4.69, 9.17) is 26.2 Å². The first-order chi connectivity index (χ1) is 29.8. The molecular weight excluding hydrogens is 826 g/mol. The molecule has 1 saturated carbocycles. The largest absolute Gasteiger partial charge is 0.507 e. The van der Waals surface area contributed by atoms with Crippen LogP contribution in [0.5, 0.6) is 17.2 Å². The van der Waals surface area contributed by atoms with Crippen LogP contribution >= 0.6 is 22.9 Å². The highest BCUT2D eigenvalue weighted by molar-refractivity contribution is 7.22. The quantitative estimate of drug-likeness (QED) is 0.113. The van der Waals surface area contributed by atoms with Crippen molar-refractivity contribution >= 4 is 79.5 Å². The molecule has 4 amide bonds. The van der Waals surface area contributed by atoms with E-state index in [0.29, 0.717) is 39.1 Å². The molecule has 2 N–H and O–H groups in total. The number of para-hydroxylation sites is 1. The standard InChI is InChI=1S/C48H42ClN5O7S/c1-24-32-19-25(49)11-18-38(32)62-43(24)35-23-39(52(3)51-35)54-45(57)34-22-33-30(42(48(34,2)47(54)59)41-36(55)20-29(60-4)21-37(41)61-5)16-17-31-40(33)46(58)53(44(31)56)28-14-12-27(13-15-28)50-26-9-7-6-8-10-26/h6-16,18-21,23,31,33-34,40,42,50,55H,17,22H2,1-5H3/t31-,33+,34-,40-,42+,48+/m0/s1. The summed E-state index contributed by atoms with van der Waals surface area (Å²) in [4.78, 5) is 63.0. The Morgan fingerprint density at radius 2 is 1.61 bits per heavy atom. The number of fused-ring (bicyclic) bond motifs is 5. The van der Waals surface area contributed by atoms with Gasteiger partial charge in [0.15, 0.2) is 0 Å². The predicted molar refractivity (Wildman–Crippen MR) is 238 cm³/mol. The molecule has 6 atom stereocenters. The minimum Gasteiger partial charge on any atom is -0.507 e. The highest BCUT2D eigenvalue weighted by Crippen LogP contribution is 2.66. The molecule has 0 unspecified atom stereocenters. The third kappa shape index (κ3) is 5.81. The van der Waals surface area contributed by atoms with Gasteiger partial charge in [0.2, 0.25) is 23.6 Å². The van der Waals surface area contributed by atoms with Gasteiger partial charge in [0, 0.05) is 57.8 Å². The molecule has 2 aliphatic carbocycles. The Kier molecular flexibility index (Phi) is 9.34. The number of halogens is 1. The van der Waals surface area contributed by atoms with Crippen molar-refractivity contribution in [3.05, 3.63) is 119 Å². The fraction of sp³-hybridized carbons (Fsp3) is 0.271. The average molecular weight is 868 g/mol. The number of nitrogens with one attached hydrogen (secondary N) is 1. The summed E-state index contributed by atoms with van der Waals surface area (Å²) in [5.74, 6) is -4.86. The van der Waals surface area contributed by atoms with Crippen molar-refractivity contribution in [1.82, 2.24) is 9.78 Å². The van der Waals surface area contributed by atoms with Gasteiger partial charge in [-0.05, 0) is 98.2 Å². The van der Waals surface area contributed by atoms with E-state index in [0.717, 1.165) is 31.9 Å². The number of aromatic hydroxyl groups is 1. The molecule has 4 aliphatic rings. The van der Waals surface area contributed by atoms with Crippen LogP contribution in [0.4, 0.5) is 22.9 Å². The molecule has 0 spiro atoms. The smallest absolute Gasteiger partial charge is 0.242 e. The number of phenolic OH excluding ortho intramolecular Hbond substituents is 1. The van der Waals surface area contributed by atoms with Crippen LogP contribution in [0.2, 0.25) is 5.02 Å². The van der Waals surface area contributed by atoms with Crippen molar-refractivity contribution < 1.29 is 33.8 Å². The lowest BCUT2D eigenvalue weighted by Crippen LogP contribution is -2.49. The number of aromatic nitrogens is 2. The Bertz CT molecular complexity index is 2910. The Labute approximate surface area is 366 Å². The molecule has 2 saturated heterocycles. The summed E-state index contributed by atoms with van der Waals surface area (Å²) in [5.41, 5.74) is 3.28. The molecule has 14 heteroatoms. The number of nitrogens with zero attached hydrogens (tertiary/aromatic N) is 4. The number of carbonyl (C=O) groups excluding carboxylic acids is 4. The lowest BCUT2D eigenvalue weighted by Gasteiger charge is -2.49. The van der Waals surface area contributed by atoms with Gasteiger partial charge in [0.05, 0.1) is 48.0 Å². The first-order valence-corrected chi connectivity index (χ1v) is 21.6. The SMILES string of the molecule is COc1cc(O)c([C@H]2C3=CC[C@@H]4C(=O)N(c5ccc(Nc6ccccc6)cc5)C(=O)[C@@H]4[C@@H]3C[C@H]3C(=O)N(c4cc(-c5sc6ccc(Cl)cc6c5C)nn4C)C(=O)[C@@]23C)c(OC)c1. The first kappa shape index (κ1) is 39.7. The minimum absolute atomic E-state index is 0.133. The molecule has 4 aromatic carbocycles. The van der Waals surface area contributed by atoms with E-state index in [1.807, 2.05) is 73.7 Å². The van der Waals surface area contributed by atoms with Crippen molar-refractivity contribution in [3.63, 3.8) is 0 Å². The first-order valence-electron chi connectivity index (χ1n) is 20.4. The highest BCUT2D eigenvalue weighted by atomic mass is 35.5. The van der Waals surface area contributed by atoms with Crippen LogP contribution in [-0.4, -0.2) is 52.7 Å². The number of thiophene rings is 1. The number of allylic oxidation sites excluding steroid dienone is 2. The molecule has 4 heterocycles. The molecule has 3 fully saturated rings. The van der Waals surface area contributed by atoms with Crippen LogP contribution in [0.1, 0.15) is 36.8 Å². The molecule has 62 heavy (non-hydrogen) atoms. The second kappa shape index (κ2) is 14.6. The van der Waals surface area contributed by atoms with E-state index in [1.54, 1.807) is 54.3 Å². The fourth-order valence-electron chi connectivity index (χ4n) is 10.6. The summed E-state index contributed by atoms with van der Waals surface area (Å²) in [7, 11) is 4.64. The van der Waals surface area contributed by atoms with E-state index >= 15 is 9.59 Å². The lowest BCUT2D eigenvalue weighted by molar-refractivity contribution is -0.131. The molecule has 314 valence electrons. The maximum absolute atomic E-state index is 15.4. The zero-order chi connectivity index (χ0) is 43.4. The van der Waals surface area contributed by atoms with Crippen LogP contribution in [-0.2, 0) is 26.2 Å². The van der Waals surface area contributed by atoms with Gasteiger partial charge >= 0.3 is 0 Å². The van der Waals surface area contributed by atoms with Gasteiger partial charge in [0.1, 0.15) is 28.8 Å². The van der Waals surface area contributed by atoms with Crippen LogP contribution in [0.3, 0.4) is 0 Å². The number of amides is 4. The van der Waals surface area contributed by atoms with Gasteiger partial charge in [-0.25, -0.2) is 4.90 Å². The van der Waals surface area contributed by atoms with Crippen LogP contribution in [0.15, 0.2) is 103 Å². The Hall–Kier alpha value is -6.44. The van der Waals surface area contributed by atoms with Crippen LogP contribution in [0.25, 0.3) is 20.7 Å². The van der Waals surface area contributed by atoms with Gasteiger partial charge in [0.25, 0.3) is 0 Å². The van der Waals surface area contributed by atoms with E-state index in [2.05, 4.69) is 5.32 Å². The normalized spacial score (nSPS) is 24.3. The highest BCUT2D eigenvalue weighted by Gasteiger charge is 2.68. The number of benzene rings is 4. The fourth-order valence-corrected chi connectivity index (χ4v) is 11.9. The average Bonchev–Trinajstić information content (AvgIpc) is 3.94. The number of hydrogen-bond donors (Lipinski definition) is 2. The van der Waals surface area contributed by atoms with Gasteiger partial charge in [-0.2, -0.15) is 5.10 Å². The molecule has 6 aromatic rings. The van der Waals surface area contributed by atoms with E-state index in [1.165, 1.54) is 30.1 Å². The van der Waals surface area contributed by atoms with Gasteiger partial charge in [-0.3, -0.25) is 28.8 Å². The third-order valence-electron chi connectivity index (χ3n) is 13.5. The predicted octanol–water partition coefficient (Wildman–Crippen LogP) is 9.17. The Morgan fingerprint density at radius 3 is 2.34 bits per heavy atom. The monoisotopic (exact) mass is 867 g/mol. The Morgan fingerprint density at radius 1 is 0.871 bits per heavy atom. The maximum atomic E-state index is 15.4. The second-order valence-corrected chi connectivity index (χ2v) is 18.2. The molecule has 0 bridgehead atoms. The van der Waals surface area contributed by atoms with E-state index in [-0.39, 0.29) is 36.2 Å². The molecule has 2 aromatic heterocycles. The zero-order valence-electron chi connectivity index (χ0n) is 34.5. The zero-order valence-corrected chi connectivity index (χ0v) is 36.1. The van der Waals surface area contributed by atoms with Gasteiger partial charge < -0.3 is 19.9 Å². The molecule has 10 rings (SSSR count). The number of imide groups is 2. The molecule has 0 radical (unpaired) electrons. The third-order valence-corrected chi connectivity index (χ3v) is 15.0. The molecular formula is C48H42ClN5O7S. The topological polar surface area (TPSA) is 143 Å². The van der Waals surface area contributed by atoms with Crippen molar-refractivity contribution in [3.8, 4) is 27.8 Å². The summed E-state index contributed by atoms with van der Waals surface area (Å²) in [6.45, 7) is 3.77. The summed E-state index contributed by atoms with van der Waals surface area (Å²) in [5, 5.41) is 21.6. The summed E-state index contributed by atoms with van der Waals surface area (Å²) in [6.07, 6.45) is 2.31. The number of phenols is 1. The number of methoxy groups -OCH3 is 2. The van der Waals surface area contributed by atoms with E-state index < -0.39 is 46.8 Å².